The zero-order valence-corrected chi connectivity index (χ0v) is 17.9. The van der Waals surface area contributed by atoms with Crippen LogP contribution < -0.4 is 0 Å². The molecule has 0 unspecified atom stereocenters. The summed E-state index contributed by atoms with van der Waals surface area (Å²) in [4.78, 5) is 17.2. The van der Waals surface area contributed by atoms with E-state index in [9.17, 15) is 13.2 Å². The van der Waals surface area contributed by atoms with Gasteiger partial charge in [-0.15, -0.1) is 0 Å². The first-order valence-electron chi connectivity index (χ1n) is 9.97. The lowest BCUT2D eigenvalue weighted by Crippen LogP contribution is -2.14. The maximum absolute atomic E-state index is 13.6. The Kier molecular flexibility index (Phi) is 4.79. The maximum atomic E-state index is 13.6. The van der Waals surface area contributed by atoms with Gasteiger partial charge < -0.3 is 9.15 Å². The van der Waals surface area contributed by atoms with Crippen LogP contribution in [-0.4, -0.2) is 30.5 Å². The topological polar surface area (TPSA) is 91.4 Å². The molecule has 0 saturated carbocycles. The molecular formula is C24H18N2O5S. The predicted octanol–water partition coefficient (Wildman–Crippen LogP) is 4.73. The van der Waals surface area contributed by atoms with Crippen LogP contribution in [0.5, 0.6) is 0 Å². The third-order valence-corrected chi connectivity index (χ3v) is 6.87. The number of hydrogen-bond donors (Lipinski definition) is 0. The molecular weight excluding hydrogens is 428 g/mol. The number of rotatable bonds is 5. The van der Waals surface area contributed by atoms with Crippen molar-refractivity contribution in [3.63, 3.8) is 0 Å². The third kappa shape index (κ3) is 3.16. The fourth-order valence-electron chi connectivity index (χ4n) is 3.66. The Bertz CT molecular complexity index is 1520. The minimum atomic E-state index is -3.98. The molecule has 0 spiro atoms. The molecule has 7 nitrogen and oxygen atoms in total. The normalized spacial score (nSPS) is 11.8. The molecule has 1 aromatic carbocycles. The Labute approximate surface area is 184 Å². The van der Waals surface area contributed by atoms with E-state index in [4.69, 9.17) is 9.15 Å². The molecule has 0 radical (unpaired) electrons. The number of fused-ring (bicyclic) bond motifs is 2. The Balaban J connectivity index is 1.88. The SMILES string of the molecule is CCOC(=O)c1cc2cccnc2n1-c1oc2cccc-2cc1S(=O)(=O)c1ccccc1. The second-order valence-electron chi connectivity index (χ2n) is 7.08. The molecule has 2 aliphatic rings. The highest BCUT2D eigenvalue weighted by Gasteiger charge is 2.30. The van der Waals surface area contributed by atoms with Gasteiger partial charge in [0.2, 0.25) is 15.7 Å². The average Bonchev–Trinajstić information content (AvgIpc) is 3.43. The van der Waals surface area contributed by atoms with Crippen molar-refractivity contribution in [2.24, 2.45) is 0 Å². The standard InChI is InChI=1S/C24H18N2O5S/c1-2-30-24(27)19-14-17-9-7-13-25-22(17)26(19)23-21(15-16-8-6-12-20(16)31-23)32(28,29)18-10-4-3-5-11-18/h3-15H,2H2,1H3. The van der Waals surface area contributed by atoms with Crippen LogP contribution in [0.4, 0.5) is 0 Å². The summed E-state index contributed by atoms with van der Waals surface area (Å²) in [6.07, 6.45) is 1.57. The van der Waals surface area contributed by atoms with Crippen LogP contribution in [0.3, 0.4) is 0 Å². The zero-order chi connectivity index (χ0) is 22.3. The number of hydrogen-bond acceptors (Lipinski definition) is 6. The van der Waals surface area contributed by atoms with Crippen molar-refractivity contribution in [2.75, 3.05) is 6.61 Å². The van der Waals surface area contributed by atoms with Crippen LogP contribution in [0.2, 0.25) is 0 Å². The number of carbonyl (C=O) groups excluding carboxylic acids is 1. The molecule has 0 amide bonds. The number of pyridine rings is 1. The van der Waals surface area contributed by atoms with Crippen LogP contribution in [0.15, 0.2) is 93.2 Å². The second kappa shape index (κ2) is 7.65. The third-order valence-electron chi connectivity index (χ3n) is 5.10. The molecule has 3 heterocycles. The maximum Gasteiger partial charge on any atom is 0.355 e. The highest BCUT2D eigenvalue weighted by molar-refractivity contribution is 7.91. The van der Waals surface area contributed by atoms with Crippen LogP contribution in [0, 0.1) is 0 Å². The molecule has 1 aliphatic carbocycles. The fourth-order valence-corrected chi connectivity index (χ4v) is 5.07. The monoisotopic (exact) mass is 446 g/mol. The first kappa shape index (κ1) is 20.0. The molecule has 32 heavy (non-hydrogen) atoms. The van der Waals surface area contributed by atoms with E-state index >= 15 is 0 Å². The lowest BCUT2D eigenvalue weighted by molar-refractivity contribution is 0.0516. The molecule has 0 bridgehead atoms. The van der Waals surface area contributed by atoms with Crippen molar-refractivity contribution < 1.29 is 22.4 Å². The summed E-state index contributed by atoms with van der Waals surface area (Å²) in [5.74, 6) is -0.143. The summed E-state index contributed by atoms with van der Waals surface area (Å²) in [6, 6.07) is 20.1. The lowest BCUT2D eigenvalue weighted by Gasteiger charge is -2.15. The van der Waals surface area contributed by atoms with Crippen LogP contribution in [0.1, 0.15) is 17.4 Å². The first-order valence-corrected chi connectivity index (χ1v) is 11.5. The van der Waals surface area contributed by atoms with Gasteiger partial charge >= 0.3 is 5.97 Å². The molecule has 2 aromatic heterocycles. The first-order chi connectivity index (χ1) is 15.5. The number of carbonyl (C=O) groups is 1. The van der Waals surface area contributed by atoms with Crippen LogP contribution in [0.25, 0.3) is 28.2 Å². The summed E-state index contributed by atoms with van der Waals surface area (Å²) >= 11 is 0. The second-order valence-corrected chi connectivity index (χ2v) is 9.00. The van der Waals surface area contributed by atoms with Gasteiger partial charge in [0.25, 0.3) is 0 Å². The molecule has 0 N–H and O–H groups in total. The number of esters is 1. The number of nitrogens with zero attached hydrogens (tertiary/aromatic N) is 2. The molecule has 0 saturated heterocycles. The van der Waals surface area contributed by atoms with E-state index in [1.54, 1.807) is 73.8 Å². The summed E-state index contributed by atoms with van der Waals surface area (Å²) in [6.45, 7) is 1.87. The van der Waals surface area contributed by atoms with Gasteiger partial charge in [-0.05, 0) is 49.4 Å². The molecule has 3 aromatic rings. The molecule has 160 valence electrons. The minimum absolute atomic E-state index is 0.0238. The quantitative estimate of drug-likeness (QED) is 0.363. The van der Waals surface area contributed by atoms with E-state index in [1.165, 1.54) is 16.7 Å². The Hall–Kier alpha value is -3.91. The highest BCUT2D eigenvalue weighted by atomic mass is 32.2. The van der Waals surface area contributed by atoms with Gasteiger partial charge in [0.15, 0.2) is 0 Å². The fraction of sp³-hybridized carbons (Fsp3) is 0.0833. The molecule has 8 heteroatoms. The Morgan fingerprint density at radius 2 is 1.84 bits per heavy atom. The minimum Gasteiger partial charge on any atom is -0.461 e. The summed E-state index contributed by atoms with van der Waals surface area (Å²) in [5.41, 5.74) is 1.14. The van der Waals surface area contributed by atoms with Gasteiger partial charge in [0.1, 0.15) is 22.0 Å². The van der Waals surface area contributed by atoms with Gasteiger partial charge in [-0.1, -0.05) is 30.3 Å². The van der Waals surface area contributed by atoms with Gasteiger partial charge in [-0.25, -0.2) is 18.2 Å². The number of ether oxygens (including phenoxy) is 1. The smallest absolute Gasteiger partial charge is 0.355 e. The van der Waals surface area contributed by atoms with Crippen molar-refractivity contribution in [3.05, 3.63) is 84.7 Å². The number of aromatic nitrogens is 2. The molecule has 0 fully saturated rings. The van der Waals surface area contributed by atoms with Crippen molar-refractivity contribution in [1.29, 1.82) is 0 Å². The summed E-state index contributed by atoms with van der Waals surface area (Å²) < 4.78 is 40.0. The van der Waals surface area contributed by atoms with Gasteiger partial charge in [-0.2, -0.15) is 0 Å². The van der Waals surface area contributed by atoms with E-state index in [-0.39, 0.29) is 28.0 Å². The van der Waals surface area contributed by atoms with E-state index in [0.29, 0.717) is 22.4 Å². The van der Waals surface area contributed by atoms with Crippen LogP contribution >= 0.6 is 0 Å². The van der Waals surface area contributed by atoms with Crippen molar-refractivity contribution in [3.8, 4) is 17.2 Å². The van der Waals surface area contributed by atoms with E-state index < -0.39 is 15.8 Å². The van der Waals surface area contributed by atoms with E-state index in [1.807, 2.05) is 0 Å². The Morgan fingerprint density at radius 1 is 1.03 bits per heavy atom. The highest BCUT2D eigenvalue weighted by Crippen LogP contribution is 2.37. The predicted molar refractivity (Wildman–Crippen MR) is 118 cm³/mol. The Morgan fingerprint density at radius 3 is 2.62 bits per heavy atom. The molecule has 0 atom stereocenters. The van der Waals surface area contributed by atoms with Gasteiger partial charge in [0.05, 0.1) is 11.5 Å². The largest absolute Gasteiger partial charge is 0.461 e. The molecule has 1 aliphatic heterocycles. The van der Waals surface area contributed by atoms with Crippen molar-refractivity contribution in [2.45, 2.75) is 16.7 Å². The lowest BCUT2D eigenvalue weighted by atomic mass is 10.2. The van der Waals surface area contributed by atoms with E-state index in [2.05, 4.69) is 4.98 Å². The van der Waals surface area contributed by atoms with Crippen molar-refractivity contribution in [1.82, 2.24) is 9.55 Å². The van der Waals surface area contributed by atoms with Gasteiger partial charge in [-0.3, -0.25) is 4.57 Å². The number of benzene rings is 1. The van der Waals surface area contributed by atoms with Gasteiger partial charge in [0, 0.05) is 17.1 Å². The average molecular weight is 446 g/mol. The van der Waals surface area contributed by atoms with E-state index in [0.717, 1.165) is 0 Å². The molecule has 5 rings (SSSR count). The number of sulfone groups is 1. The summed E-state index contributed by atoms with van der Waals surface area (Å²) in [7, 11) is -3.98. The zero-order valence-electron chi connectivity index (χ0n) is 17.1. The van der Waals surface area contributed by atoms with Crippen molar-refractivity contribution >= 4 is 26.8 Å². The van der Waals surface area contributed by atoms with Crippen LogP contribution in [-0.2, 0) is 14.6 Å². The summed E-state index contributed by atoms with van der Waals surface area (Å²) in [5, 5.41) is 0.649.